The molecule has 1 nitrogen and oxygen atoms in total. The molecule has 0 bridgehead atoms. The maximum absolute atomic E-state index is 4.89. The van der Waals surface area contributed by atoms with Crippen molar-refractivity contribution in [2.75, 3.05) is 0 Å². The molecule has 0 aromatic heterocycles. The van der Waals surface area contributed by atoms with E-state index in [2.05, 4.69) is 94.4 Å². The number of aryl methyl sites for hydroxylation is 2. The summed E-state index contributed by atoms with van der Waals surface area (Å²) in [7, 11) is 9.78. The average Bonchev–Trinajstić information content (AvgIpc) is 3.29. The van der Waals surface area contributed by atoms with Crippen molar-refractivity contribution < 1.29 is 17.0 Å². The number of fused-ring (bicyclic) bond motifs is 1. The SMILES string of the molecule is Cc1[c-]ccc(C)c1C.[CH2-]c1ccccc1.[Cl][Ti+4][Cl].[NH2-].c1ccc([C-]2Cc3ccccc3C2)cc1. The first-order valence-corrected chi connectivity index (χ1v) is 15.5. The number of benzene rings is 4. The van der Waals surface area contributed by atoms with Crippen molar-refractivity contribution in [2.45, 2.75) is 33.6 Å². The van der Waals surface area contributed by atoms with E-state index in [4.69, 9.17) is 18.6 Å². The summed E-state index contributed by atoms with van der Waals surface area (Å²) in [5, 5.41) is 0. The Morgan fingerprint density at radius 1 is 0.743 bits per heavy atom. The van der Waals surface area contributed by atoms with Gasteiger partial charge >= 0.3 is 35.6 Å². The van der Waals surface area contributed by atoms with E-state index in [-0.39, 0.29) is 6.15 Å². The molecule has 4 aromatic carbocycles. The normalized spacial score (nSPS) is 10.8. The number of hydrogen-bond acceptors (Lipinski definition) is 0. The van der Waals surface area contributed by atoms with Gasteiger partial charge in [-0.15, -0.1) is 24.3 Å². The second kappa shape index (κ2) is 17.3. The van der Waals surface area contributed by atoms with Gasteiger partial charge in [0.25, 0.3) is 0 Å². The smallest absolute Gasteiger partial charge is 0.0509 e. The van der Waals surface area contributed by atoms with E-state index in [1.54, 1.807) is 5.92 Å². The van der Waals surface area contributed by atoms with Crippen molar-refractivity contribution in [1.82, 2.24) is 0 Å². The fraction of sp³-hybridized carbons (Fsp3) is 0.161. The molecule has 1 aliphatic rings. The monoisotopic (exact) mass is 537 g/mol. The number of rotatable bonds is 1. The van der Waals surface area contributed by atoms with Crippen molar-refractivity contribution in [3.63, 3.8) is 0 Å². The van der Waals surface area contributed by atoms with Crippen LogP contribution in [0.5, 0.6) is 0 Å². The van der Waals surface area contributed by atoms with E-state index in [1.165, 1.54) is 33.4 Å². The molecular formula is C31H33Cl2NTi. The van der Waals surface area contributed by atoms with Crippen LogP contribution in [-0.4, -0.2) is 0 Å². The first-order chi connectivity index (χ1) is 16.5. The molecule has 4 aromatic rings. The van der Waals surface area contributed by atoms with E-state index in [9.17, 15) is 0 Å². The predicted molar refractivity (Wildman–Crippen MR) is 150 cm³/mol. The van der Waals surface area contributed by atoms with Crippen molar-refractivity contribution in [1.29, 1.82) is 0 Å². The van der Waals surface area contributed by atoms with Gasteiger partial charge in [0.1, 0.15) is 0 Å². The topological polar surface area (TPSA) is 33.5 Å². The summed E-state index contributed by atoms with van der Waals surface area (Å²) < 4.78 is 0. The zero-order valence-electron chi connectivity index (χ0n) is 20.7. The molecule has 0 saturated heterocycles. The molecule has 5 rings (SSSR count). The van der Waals surface area contributed by atoms with E-state index in [0.29, 0.717) is 0 Å². The van der Waals surface area contributed by atoms with E-state index in [1.807, 2.05) is 36.4 Å². The first-order valence-electron chi connectivity index (χ1n) is 11.2. The van der Waals surface area contributed by atoms with Gasteiger partial charge in [0, 0.05) is 0 Å². The minimum absolute atomic E-state index is 0. The third kappa shape index (κ3) is 11.0. The largest absolute Gasteiger partial charge is 0.693 e. The van der Waals surface area contributed by atoms with Crippen LogP contribution < -0.4 is 0 Å². The van der Waals surface area contributed by atoms with E-state index < -0.39 is 17.0 Å². The molecule has 0 fully saturated rings. The van der Waals surface area contributed by atoms with Gasteiger partial charge in [-0.05, 0) is 0 Å². The standard InChI is InChI=1S/C15H13.C9H11.C7H7.2ClH.H2N.Ti/c1-2-6-12(7-3-1)15-10-13-8-4-5-9-14(13)11-15;1-7-5-4-6-8(2)9(7)3;1-7-5-3-2-4-6-7;;;;/h1-9H,10-11H2;4-5H,1-3H3;2-6H,1H2;2*1H;1H2;/q3*-1;;;-1;+6/p-2. The summed E-state index contributed by atoms with van der Waals surface area (Å²) in [5.74, 6) is 1.55. The van der Waals surface area contributed by atoms with Gasteiger partial charge in [0.05, 0.1) is 0 Å². The molecule has 0 spiro atoms. The summed E-state index contributed by atoms with van der Waals surface area (Å²) in [5.41, 5.74) is 9.43. The van der Waals surface area contributed by atoms with Crippen LogP contribution in [0.3, 0.4) is 0 Å². The fourth-order valence-electron chi connectivity index (χ4n) is 3.60. The van der Waals surface area contributed by atoms with Gasteiger partial charge in [-0.1, -0.05) is 81.1 Å². The van der Waals surface area contributed by atoms with Crippen molar-refractivity contribution >= 4 is 18.6 Å². The summed E-state index contributed by atoms with van der Waals surface area (Å²) in [6.45, 7) is 10.1. The van der Waals surface area contributed by atoms with Crippen LogP contribution >= 0.6 is 18.6 Å². The van der Waals surface area contributed by atoms with E-state index in [0.717, 1.165) is 18.4 Å². The summed E-state index contributed by atoms with van der Waals surface area (Å²) in [6.07, 6.45) is 2.25. The second-order valence-electron chi connectivity index (χ2n) is 8.06. The van der Waals surface area contributed by atoms with Crippen LogP contribution in [0.1, 0.15) is 38.9 Å². The summed E-state index contributed by atoms with van der Waals surface area (Å²) >= 11 is -0.556. The number of hydrogen-bond donors (Lipinski definition) is 0. The van der Waals surface area contributed by atoms with Crippen LogP contribution in [-0.2, 0) is 29.9 Å². The summed E-state index contributed by atoms with van der Waals surface area (Å²) in [6, 6.07) is 36.5. The van der Waals surface area contributed by atoms with Gasteiger partial charge in [0.15, 0.2) is 0 Å². The molecule has 0 atom stereocenters. The Morgan fingerprint density at radius 3 is 1.60 bits per heavy atom. The van der Waals surface area contributed by atoms with Gasteiger partial charge in [-0.3, -0.25) is 0 Å². The molecule has 0 amide bonds. The van der Waals surface area contributed by atoms with Gasteiger partial charge in [-0.25, -0.2) is 0 Å². The minimum atomic E-state index is -0.556. The Hall–Kier alpha value is -2.13. The first kappa shape index (κ1) is 30.9. The van der Waals surface area contributed by atoms with Gasteiger partial charge < -0.3 is 6.15 Å². The van der Waals surface area contributed by atoms with Crippen molar-refractivity contribution in [3.05, 3.63) is 161 Å². The Bertz CT molecular complexity index is 1060. The Morgan fingerprint density at radius 2 is 1.20 bits per heavy atom. The average molecular weight is 538 g/mol. The zero-order valence-corrected chi connectivity index (χ0v) is 23.8. The second-order valence-corrected chi connectivity index (χ2v) is 10.6. The molecule has 180 valence electrons. The van der Waals surface area contributed by atoms with Crippen LogP contribution in [0.15, 0.2) is 97.1 Å². The van der Waals surface area contributed by atoms with E-state index >= 15 is 0 Å². The maximum atomic E-state index is 4.89. The predicted octanol–water partition coefficient (Wildman–Crippen LogP) is 9.78. The molecule has 2 N–H and O–H groups in total. The Labute approximate surface area is 229 Å². The molecule has 0 aliphatic heterocycles. The molecule has 1 aliphatic carbocycles. The van der Waals surface area contributed by atoms with Crippen LogP contribution in [0, 0.1) is 39.7 Å². The van der Waals surface area contributed by atoms with Crippen molar-refractivity contribution in [3.8, 4) is 0 Å². The molecule has 0 heterocycles. The Balaban J connectivity index is 0.000000264. The molecule has 0 saturated carbocycles. The van der Waals surface area contributed by atoms with Gasteiger partial charge in [0.2, 0.25) is 0 Å². The number of halogens is 2. The minimum Gasteiger partial charge on any atom is -0.693 e. The quantitative estimate of drug-likeness (QED) is 0.171. The molecule has 0 unspecified atom stereocenters. The zero-order chi connectivity index (χ0) is 24.8. The van der Waals surface area contributed by atoms with Crippen LogP contribution in [0.25, 0.3) is 6.15 Å². The molecular weight excluding hydrogens is 505 g/mol. The van der Waals surface area contributed by atoms with Crippen LogP contribution in [0.2, 0.25) is 0 Å². The molecule has 4 heteroatoms. The third-order valence-corrected chi connectivity index (χ3v) is 5.74. The Kier molecular flexibility index (Phi) is 15.3. The maximum Gasteiger partial charge on any atom is -0.0509 e. The van der Waals surface area contributed by atoms with Crippen LogP contribution in [0.4, 0.5) is 0 Å². The molecule has 0 radical (unpaired) electrons. The summed E-state index contributed by atoms with van der Waals surface area (Å²) in [4.78, 5) is 0. The van der Waals surface area contributed by atoms with Gasteiger partial charge in [-0.2, -0.15) is 83.1 Å². The van der Waals surface area contributed by atoms with Crippen molar-refractivity contribution in [2.24, 2.45) is 0 Å². The third-order valence-electron chi connectivity index (χ3n) is 5.74. The number of nitrogens with two attached hydrogens (primary N) is 1. The molecule has 35 heavy (non-hydrogen) atoms. The fourth-order valence-corrected chi connectivity index (χ4v) is 3.60.